The van der Waals surface area contributed by atoms with Gasteiger partial charge in [-0.15, -0.1) is 0 Å². The highest BCUT2D eigenvalue weighted by atomic mass is 32.2. The topological polar surface area (TPSA) is 69.7 Å². The van der Waals surface area contributed by atoms with E-state index in [1.165, 1.54) is 4.31 Å². The van der Waals surface area contributed by atoms with Crippen molar-refractivity contribution >= 4 is 15.9 Å². The Balaban J connectivity index is 1.62. The highest BCUT2D eigenvalue weighted by Gasteiger charge is 2.39. The van der Waals surface area contributed by atoms with Crippen LogP contribution in [0.2, 0.25) is 0 Å². The van der Waals surface area contributed by atoms with Crippen LogP contribution in [0.5, 0.6) is 0 Å². The molecule has 1 aromatic rings. The monoisotopic (exact) mass is 407 g/mol. The van der Waals surface area contributed by atoms with Gasteiger partial charge in [0.1, 0.15) is 6.04 Å². The molecule has 0 spiro atoms. The van der Waals surface area contributed by atoms with Crippen LogP contribution in [0, 0.1) is 12.8 Å². The molecule has 2 atom stereocenters. The number of nitrogens with zero attached hydrogens (tertiary/aromatic N) is 2. The molecule has 0 bridgehead atoms. The van der Waals surface area contributed by atoms with Crippen molar-refractivity contribution in [2.75, 3.05) is 26.2 Å². The molecule has 0 saturated carbocycles. The third-order valence-corrected chi connectivity index (χ3v) is 7.90. The Hall–Kier alpha value is -1.44. The lowest BCUT2D eigenvalue weighted by atomic mass is 9.97. The summed E-state index contributed by atoms with van der Waals surface area (Å²) in [7, 11) is -3.65. The van der Waals surface area contributed by atoms with Gasteiger partial charge in [0.05, 0.1) is 4.90 Å². The van der Waals surface area contributed by atoms with E-state index >= 15 is 0 Å². The third-order valence-electron chi connectivity index (χ3n) is 5.98. The fourth-order valence-corrected chi connectivity index (χ4v) is 5.89. The summed E-state index contributed by atoms with van der Waals surface area (Å²) in [4.78, 5) is 15.5. The van der Waals surface area contributed by atoms with E-state index in [4.69, 9.17) is 0 Å². The SMILES string of the molecule is Cc1ccc(S(=O)(=O)N2CCC[C@H]2C(=O)NCC2CCCN(C(C)C)C2)cc1. The molecule has 156 valence electrons. The minimum atomic E-state index is -3.65. The van der Waals surface area contributed by atoms with Crippen LogP contribution >= 0.6 is 0 Å². The van der Waals surface area contributed by atoms with Gasteiger partial charge in [-0.25, -0.2) is 8.42 Å². The molecule has 2 saturated heterocycles. The maximum atomic E-state index is 13.0. The Morgan fingerprint density at radius 3 is 2.50 bits per heavy atom. The maximum Gasteiger partial charge on any atom is 0.243 e. The van der Waals surface area contributed by atoms with E-state index < -0.39 is 16.1 Å². The second-order valence-electron chi connectivity index (χ2n) is 8.43. The van der Waals surface area contributed by atoms with E-state index in [1.807, 2.05) is 6.92 Å². The van der Waals surface area contributed by atoms with Gasteiger partial charge in [-0.3, -0.25) is 4.79 Å². The molecule has 7 heteroatoms. The molecular weight excluding hydrogens is 374 g/mol. The molecule has 1 N–H and O–H groups in total. The molecule has 2 fully saturated rings. The summed E-state index contributed by atoms with van der Waals surface area (Å²) >= 11 is 0. The maximum absolute atomic E-state index is 13.0. The normalized spacial score (nSPS) is 24.6. The van der Waals surface area contributed by atoms with Crippen molar-refractivity contribution in [1.82, 2.24) is 14.5 Å². The summed E-state index contributed by atoms with van der Waals surface area (Å²) in [6, 6.07) is 6.75. The van der Waals surface area contributed by atoms with Crippen molar-refractivity contribution in [3.8, 4) is 0 Å². The molecule has 1 aromatic carbocycles. The van der Waals surface area contributed by atoms with Crippen molar-refractivity contribution in [2.45, 2.75) is 63.4 Å². The minimum Gasteiger partial charge on any atom is -0.354 e. The number of aryl methyl sites for hydroxylation is 1. The van der Waals surface area contributed by atoms with Crippen molar-refractivity contribution in [3.05, 3.63) is 29.8 Å². The Labute approximate surface area is 169 Å². The van der Waals surface area contributed by atoms with Crippen LogP contribution in [0.25, 0.3) is 0 Å². The van der Waals surface area contributed by atoms with Crippen LogP contribution in [0.4, 0.5) is 0 Å². The standard InChI is InChI=1S/C21H33N3O3S/c1-16(2)23-12-4-6-18(15-23)14-22-21(25)20-7-5-13-24(20)28(26,27)19-10-8-17(3)9-11-19/h8-11,16,18,20H,4-7,12-15H2,1-3H3,(H,22,25)/t18?,20-/m0/s1. The average molecular weight is 408 g/mol. The van der Waals surface area contributed by atoms with E-state index in [-0.39, 0.29) is 10.8 Å². The lowest BCUT2D eigenvalue weighted by Gasteiger charge is -2.35. The van der Waals surface area contributed by atoms with Gasteiger partial charge in [-0.1, -0.05) is 17.7 Å². The first-order valence-corrected chi connectivity index (χ1v) is 11.8. The van der Waals surface area contributed by atoms with Gasteiger partial charge in [0.2, 0.25) is 15.9 Å². The van der Waals surface area contributed by atoms with Gasteiger partial charge in [-0.05, 0) is 71.0 Å². The van der Waals surface area contributed by atoms with Gasteiger partial charge >= 0.3 is 0 Å². The van der Waals surface area contributed by atoms with Gasteiger partial charge in [0, 0.05) is 25.7 Å². The molecule has 0 radical (unpaired) electrons. The van der Waals surface area contributed by atoms with Gasteiger partial charge in [0.25, 0.3) is 0 Å². The predicted octanol–water partition coefficient (Wildman–Crippen LogP) is 2.38. The van der Waals surface area contributed by atoms with Gasteiger partial charge < -0.3 is 10.2 Å². The molecule has 0 aromatic heterocycles. The zero-order chi connectivity index (χ0) is 20.3. The third kappa shape index (κ3) is 4.75. The Morgan fingerprint density at radius 2 is 1.82 bits per heavy atom. The van der Waals surface area contributed by atoms with Gasteiger partial charge in [0.15, 0.2) is 0 Å². The molecule has 2 heterocycles. The van der Waals surface area contributed by atoms with E-state index in [0.29, 0.717) is 37.9 Å². The van der Waals surface area contributed by atoms with Crippen LogP contribution in [-0.2, 0) is 14.8 Å². The van der Waals surface area contributed by atoms with Crippen molar-refractivity contribution in [3.63, 3.8) is 0 Å². The number of sulfonamides is 1. The zero-order valence-corrected chi connectivity index (χ0v) is 18.0. The number of hydrogen-bond donors (Lipinski definition) is 1. The first-order chi connectivity index (χ1) is 13.3. The van der Waals surface area contributed by atoms with E-state index in [1.54, 1.807) is 24.3 Å². The first-order valence-electron chi connectivity index (χ1n) is 10.4. The number of rotatable bonds is 6. The molecule has 0 aliphatic carbocycles. The number of nitrogens with one attached hydrogen (secondary N) is 1. The molecule has 28 heavy (non-hydrogen) atoms. The molecular formula is C21H33N3O3S. The van der Waals surface area contributed by atoms with Gasteiger partial charge in [-0.2, -0.15) is 4.31 Å². The fourth-order valence-electron chi connectivity index (χ4n) is 4.23. The second-order valence-corrected chi connectivity index (χ2v) is 10.3. The lowest BCUT2D eigenvalue weighted by Crippen LogP contribution is -2.49. The van der Waals surface area contributed by atoms with E-state index in [9.17, 15) is 13.2 Å². The minimum absolute atomic E-state index is 0.158. The largest absolute Gasteiger partial charge is 0.354 e. The van der Waals surface area contributed by atoms with Crippen molar-refractivity contribution in [2.24, 2.45) is 5.92 Å². The smallest absolute Gasteiger partial charge is 0.243 e. The summed E-state index contributed by atoms with van der Waals surface area (Å²) in [6.45, 7) is 9.46. The first kappa shape index (κ1) is 21.3. The number of amides is 1. The van der Waals surface area contributed by atoms with Crippen LogP contribution in [0.3, 0.4) is 0 Å². The number of benzene rings is 1. The molecule has 3 rings (SSSR count). The van der Waals surface area contributed by atoms with E-state index in [0.717, 1.165) is 31.5 Å². The van der Waals surface area contributed by atoms with Crippen molar-refractivity contribution < 1.29 is 13.2 Å². The van der Waals surface area contributed by atoms with E-state index in [2.05, 4.69) is 24.1 Å². The summed E-state index contributed by atoms with van der Waals surface area (Å²) in [5, 5.41) is 3.04. The molecule has 1 amide bonds. The molecule has 1 unspecified atom stereocenters. The number of carbonyl (C=O) groups is 1. The molecule has 2 aliphatic heterocycles. The molecule has 6 nitrogen and oxygen atoms in total. The Bertz CT molecular complexity index is 777. The van der Waals surface area contributed by atoms with Crippen LogP contribution in [0.15, 0.2) is 29.2 Å². The highest BCUT2D eigenvalue weighted by Crippen LogP contribution is 2.26. The lowest BCUT2D eigenvalue weighted by molar-refractivity contribution is -0.124. The number of carbonyl (C=O) groups excluding carboxylic acids is 1. The summed E-state index contributed by atoms with van der Waals surface area (Å²) < 4.78 is 27.4. The fraction of sp³-hybridized carbons (Fsp3) is 0.667. The Morgan fingerprint density at radius 1 is 1.14 bits per heavy atom. The quantitative estimate of drug-likeness (QED) is 0.786. The van der Waals surface area contributed by atoms with Crippen LogP contribution in [0.1, 0.15) is 45.1 Å². The summed E-state index contributed by atoms with van der Waals surface area (Å²) in [5.74, 6) is 0.276. The van der Waals surface area contributed by atoms with Crippen LogP contribution < -0.4 is 5.32 Å². The highest BCUT2D eigenvalue weighted by molar-refractivity contribution is 7.89. The predicted molar refractivity (Wildman–Crippen MR) is 111 cm³/mol. The zero-order valence-electron chi connectivity index (χ0n) is 17.2. The number of hydrogen-bond acceptors (Lipinski definition) is 4. The average Bonchev–Trinajstić information content (AvgIpc) is 3.17. The van der Waals surface area contributed by atoms with Crippen molar-refractivity contribution in [1.29, 1.82) is 0 Å². The van der Waals surface area contributed by atoms with Crippen LogP contribution in [-0.4, -0.2) is 61.8 Å². The number of piperidine rings is 1. The molecule has 2 aliphatic rings. The Kier molecular flexibility index (Phi) is 6.78. The summed E-state index contributed by atoms with van der Waals surface area (Å²) in [5.41, 5.74) is 1.01. The number of likely N-dealkylation sites (tertiary alicyclic amines) is 1. The second kappa shape index (κ2) is 8.93. The summed E-state index contributed by atoms with van der Waals surface area (Å²) in [6.07, 6.45) is 3.56.